The van der Waals surface area contributed by atoms with E-state index in [0.717, 1.165) is 62.3 Å². The average Bonchev–Trinajstić information content (AvgIpc) is 2.87. The third-order valence-electron chi connectivity index (χ3n) is 9.70. The summed E-state index contributed by atoms with van der Waals surface area (Å²) in [6.07, 6.45) is 19.2. The number of hydrogen-bond donors (Lipinski definition) is 5. The van der Waals surface area contributed by atoms with Gasteiger partial charge < -0.3 is 27.0 Å². The number of piperidine rings is 2. The Morgan fingerprint density at radius 3 is 1.24 bits per heavy atom. The Bertz CT molecular complexity index is 458. The average molecular weight is 462 g/mol. The second-order valence-corrected chi connectivity index (χ2v) is 12.4. The van der Waals surface area contributed by atoms with E-state index < -0.39 is 0 Å². The molecule has 4 aliphatic carbocycles. The molecule has 0 radical (unpaired) electrons. The van der Waals surface area contributed by atoms with Crippen molar-refractivity contribution >= 4 is 0 Å². The van der Waals surface area contributed by atoms with Gasteiger partial charge in [-0.3, -0.25) is 0 Å². The highest BCUT2D eigenvalue weighted by Crippen LogP contribution is 2.59. The fraction of sp³-hybridized carbons (Fsp3) is 1.00. The van der Waals surface area contributed by atoms with Gasteiger partial charge in [0.25, 0.3) is 0 Å². The van der Waals surface area contributed by atoms with Crippen LogP contribution in [0.1, 0.15) is 83.5 Å². The van der Waals surface area contributed by atoms with Crippen molar-refractivity contribution in [1.29, 1.82) is 0 Å². The molecule has 7 fully saturated rings. The van der Waals surface area contributed by atoms with Gasteiger partial charge in [-0.15, -0.1) is 0 Å². The lowest BCUT2D eigenvalue weighted by atomic mass is 9.50. The van der Waals surface area contributed by atoms with Crippen LogP contribution in [-0.2, 0) is 0 Å². The van der Waals surface area contributed by atoms with Crippen molar-refractivity contribution < 1.29 is 0 Å². The normalized spacial score (nSPS) is 36.5. The van der Waals surface area contributed by atoms with E-state index >= 15 is 0 Å². The lowest BCUT2D eigenvalue weighted by Gasteiger charge is -2.56. The van der Waals surface area contributed by atoms with Gasteiger partial charge in [0.05, 0.1) is 0 Å². The first kappa shape index (κ1) is 25.9. The zero-order chi connectivity index (χ0) is 22.8. The second kappa shape index (κ2) is 13.8. The van der Waals surface area contributed by atoms with Gasteiger partial charge >= 0.3 is 0 Å². The molecule has 3 aliphatic heterocycles. The van der Waals surface area contributed by atoms with Gasteiger partial charge in [-0.25, -0.2) is 0 Å². The van der Waals surface area contributed by atoms with Crippen molar-refractivity contribution in [2.45, 2.75) is 83.5 Å². The maximum Gasteiger partial charge on any atom is 0.00772 e. The van der Waals surface area contributed by atoms with E-state index in [0.29, 0.717) is 5.41 Å². The second-order valence-electron chi connectivity index (χ2n) is 12.4. The molecule has 0 aromatic heterocycles. The van der Waals surface area contributed by atoms with Gasteiger partial charge in [-0.2, -0.15) is 0 Å². The predicted molar refractivity (Wildman–Crippen MR) is 140 cm³/mol. The monoisotopic (exact) mass is 461 g/mol. The molecular weight excluding hydrogens is 406 g/mol. The summed E-state index contributed by atoms with van der Waals surface area (Å²) >= 11 is 0. The minimum absolute atomic E-state index is 0.620. The first-order valence-corrected chi connectivity index (χ1v) is 14.8. The van der Waals surface area contributed by atoms with E-state index in [4.69, 9.17) is 5.73 Å². The summed E-state index contributed by atoms with van der Waals surface area (Å²) < 4.78 is 0. The van der Waals surface area contributed by atoms with Gasteiger partial charge in [-0.05, 0) is 132 Å². The van der Waals surface area contributed by atoms with Crippen molar-refractivity contribution in [2.75, 3.05) is 58.9 Å². The molecule has 0 unspecified atom stereocenters. The van der Waals surface area contributed by atoms with Crippen LogP contribution in [0.5, 0.6) is 0 Å². The largest absolute Gasteiger partial charge is 0.330 e. The van der Waals surface area contributed by atoms with Gasteiger partial charge in [-0.1, -0.05) is 19.3 Å². The van der Waals surface area contributed by atoms with Crippen LogP contribution in [0, 0.1) is 35.0 Å². The van der Waals surface area contributed by atoms with Crippen LogP contribution in [0.25, 0.3) is 0 Å². The predicted octanol–water partition coefficient (Wildman–Crippen LogP) is 3.50. The molecule has 5 nitrogen and oxygen atoms in total. The molecule has 4 saturated carbocycles. The minimum Gasteiger partial charge on any atom is -0.330 e. The molecule has 0 spiro atoms. The smallest absolute Gasteiger partial charge is 0.00772 e. The Labute approximate surface area is 204 Å². The third-order valence-corrected chi connectivity index (χ3v) is 9.70. The lowest BCUT2D eigenvalue weighted by Crippen LogP contribution is -2.49. The molecule has 0 amide bonds. The number of nitrogens with one attached hydrogen (secondary N) is 4. The summed E-state index contributed by atoms with van der Waals surface area (Å²) in [6, 6.07) is 0. The summed E-state index contributed by atoms with van der Waals surface area (Å²) in [5.41, 5.74) is 6.55. The van der Waals surface area contributed by atoms with E-state index in [1.54, 1.807) is 0 Å². The zero-order valence-corrected chi connectivity index (χ0v) is 21.5. The summed E-state index contributed by atoms with van der Waals surface area (Å²) in [6.45, 7) is 10.6. The van der Waals surface area contributed by atoms with Crippen LogP contribution >= 0.6 is 0 Å². The fourth-order valence-electron chi connectivity index (χ4n) is 8.18. The molecule has 4 bridgehead atoms. The summed E-state index contributed by atoms with van der Waals surface area (Å²) in [7, 11) is 0. The minimum atomic E-state index is 0.620. The number of piperazine rings is 1. The van der Waals surface area contributed by atoms with E-state index in [2.05, 4.69) is 21.3 Å². The molecule has 0 aromatic carbocycles. The highest BCUT2D eigenvalue weighted by atomic mass is 15.0. The Morgan fingerprint density at radius 2 is 0.909 bits per heavy atom. The molecule has 7 rings (SSSR count). The molecule has 192 valence electrons. The standard InChI is InChI=1S/C13H26N2.C11H19N.C4H10N2/c1(2-12-4-8-14-9-5-12)3-13-6-10-15-11-7-13;12-7-11-4-8-1-9(5-11)3-10(2-8)6-11;1-2-6-4-3-5-1/h12-15H,1-11H2;8-10H,1-7,12H2;5-6H,1-4H2. The molecule has 0 aromatic rings. The molecular formula is C28H55N5. The molecule has 6 N–H and O–H groups in total. The maximum atomic E-state index is 5.93. The summed E-state index contributed by atoms with van der Waals surface area (Å²) in [5.74, 6) is 5.28. The van der Waals surface area contributed by atoms with Gasteiger partial charge in [0.1, 0.15) is 0 Å². The van der Waals surface area contributed by atoms with Crippen LogP contribution in [0.3, 0.4) is 0 Å². The quantitative estimate of drug-likeness (QED) is 0.433. The van der Waals surface area contributed by atoms with Crippen molar-refractivity contribution in [3.05, 3.63) is 0 Å². The Balaban J connectivity index is 0.000000128. The first-order valence-electron chi connectivity index (χ1n) is 14.8. The van der Waals surface area contributed by atoms with Crippen LogP contribution < -0.4 is 27.0 Å². The van der Waals surface area contributed by atoms with Gasteiger partial charge in [0.2, 0.25) is 0 Å². The van der Waals surface area contributed by atoms with E-state index in [-0.39, 0.29) is 0 Å². The van der Waals surface area contributed by atoms with Crippen molar-refractivity contribution in [3.63, 3.8) is 0 Å². The van der Waals surface area contributed by atoms with Gasteiger partial charge in [0.15, 0.2) is 0 Å². The molecule has 33 heavy (non-hydrogen) atoms. The molecule has 3 heterocycles. The van der Waals surface area contributed by atoms with E-state index in [1.165, 1.54) is 110 Å². The van der Waals surface area contributed by atoms with E-state index in [1.807, 2.05) is 0 Å². The SMILES string of the molecule is C(CC1CCNCC1)CC1CCNCC1.C1CNCCN1.NCC12CC3CC(CC(C3)C1)C2. The Morgan fingerprint density at radius 1 is 0.545 bits per heavy atom. The lowest BCUT2D eigenvalue weighted by molar-refractivity contribution is -0.0468. The third kappa shape index (κ3) is 8.45. The Kier molecular flexibility index (Phi) is 10.8. The number of rotatable bonds is 5. The molecule has 3 saturated heterocycles. The van der Waals surface area contributed by atoms with Crippen LogP contribution in [0.4, 0.5) is 0 Å². The van der Waals surface area contributed by atoms with Crippen molar-refractivity contribution in [3.8, 4) is 0 Å². The summed E-state index contributed by atoms with van der Waals surface area (Å²) in [4.78, 5) is 0. The molecule has 0 atom stereocenters. The number of nitrogens with two attached hydrogens (primary N) is 1. The van der Waals surface area contributed by atoms with E-state index in [9.17, 15) is 0 Å². The highest BCUT2D eigenvalue weighted by Gasteiger charge is 2.49. The van der Waals surface area contributed by atoms with Crippen LogP contribution in [0.15, 0.2) is 0 Å². The topological polar surface area (TPSA) is 74.1 Å². The molecule has 7 aliphatic rings. The van der Waals surface area contributed by atoms with Gasteiger partial charge in [0, 0.05) is 26.2 Å². The first-order chi connectivity index (χ1) is 16.2. The van der Waals surface area contributed by atoms with Crippen LogP contribution in [-0.4, -0.2) is 58.9 Å². The zero-order valence-electron chi connectivity index (χ0n) is 21.5. The number of hydrogen-bond acceptors (Lipinski definition) is 5. The highest BCUT2D eigenvalue weighted by molar-refractivity contribution is 5.01. The van der Waals surface area contributed by atoms with Crippen molar-refractivity contribution in [1.82, 2.24) is 21.3 Å². The van der Waals surface area contributed by atoms with Crippen molar-refractivity contribution in [2.24, 2.45) is 40.7 Å². The fourth-order valence-corrected chi connectivity index (χ4v) is 8.18. The maximum absolute atomic E-state index is 5.93. The Hall–Kier alpha value is -0.200. The molecule has 5 heteroatoms. The summed E-state index contributed by atoms with van der Waals surface area (Å²) in [5, 5.41) is 13.3. The van der Waals surface area contributed by atoms with Crippen LogP contribution in [0.2, 0.25) is 0 Å².